The molecule has 0 saturated heterocycles. The molecule has 20 heavy (non-hydrogen) atoms. The lowest BCUT2D eigenvalue weighted by atomic mass is 10.1. The zero-order chi connectivity index (χ0) is 13.8. The van der Waals surface area contributed by atoms with E-state index in [0.29, 0.717) is 0 Å². The molecule has 0 aliphatic heterocycles. The predicted octanol–water partition coefficient (Wildman–Crippen LogP) is 3.24. The summed E-state index contributed by atoms with van der Waals surface area (Å²) in [6.07, 6.45) is 9.48. The fourth-order valence-electron chi connectivity index (χ4n) is 2.71. The topological polar surface area (TPSA) is 50.7 Å². The second kappa shape index (κ2) is 5.99. The van der Waals surface area contributed by atoms with Crippen molar-refractivity contribution in [1.82, 2.24) is 15.0 Å². The van der Waals surface area contributed by atoms with Gasteiger partial charge >= 0.3 is 0 Å². The van der Waals surface area contributed by atoms with E-state index in [2.05, 4.69) is 17.2 Å². The fraction of sp³-hybridized carbons (Fsp3) is 0.438. The summed E-state index contributed by atoms with van der Waals surface area (Å²) in [6, 6.07) is 3.93. The maximum absolute atomic E-state index is 4.81. The zero-order valence-corrected chi connectivity index (χ0v) is 11.9. The Morgan fingerprint density at radius 3 is 2.65 bits per heavy atom. The van der Waals surface area contributed by atoms with Gasteiger partial charge in [-0.3, -0.25) is 4.98 Å². The lowest BCUT2D eigenvalue weighted by Gasteiger charge is -2.14. The highest BCUT2D eigenvalue weighted by Gasteiger charge is 2.17. The SMILES string of the molecule is CCNc1nc(-c2ccncc2)nc2c1CCCCC2. The van der Waals surface area contributed by atoms with Crippen LogP contribution in [0.15, 0.2) is 24.5 Å². The minimum absolute atomic E-state index is 0.809. The van der Waals surface area contributed by atoms with Crippen LogP contribution in [0.2, 0.25) is 0 Å². The third-order valence-electron chi connectivity index (χ3n) is 3.72. The van der Waals surface area contributed by atoms with Crippen molar-refractivity contribution < 1.29 is 0 Å². The summed E-state index contributed by atoms with van der Waals surface area (Å²) in [5.41, 5.74) is 3.58. The van der Waals surface area contributed by atoms with Crippen molar-refractivity contribution in [2.45, 2.75) is 39.0 Å². The molecule has 2 aromatic heterocycles. The highest BCUT2D eigenvalue weighted by molar-refractivity contribution is 5.59. The summed E-state index contributed by atoms with van der Waals surface area (Å²) in [6.45, 7) is 3.00. The molecule has 4 nitrogen and oxygen atoms in total. The molecule has 3 rings (SSSR count). The molecule has 0 atom stereocenters. The maximum atomic E-state index is 4.81. The van der Waals surface area contributed by atoms with Gasteiger partial charge in [0.1, 0.15) is 5.82 Å². The molecule has 0 radical (unpaired) electrons. The van der Waals surface area contributed by atoms with Crippen molar-refractivity contribution in [3.05, 3.63) is 35.8 Å². The Morgan fingerprint density at radius 1 is 1.05 bits per heavy atom. The molecule has 0 aromatic carbocycles. The third kappa shape index (κ3) is 2.64. The van der Waals surface area contributed by atoms with E-state index in [4.69, 9.17) is 9.97 Å². The number of rotatable bonds is 3. The van der Waals surface area contributed by atoms with Crippen LogP contribution in [-0.4, -0.2) is 21.5 Å². The number of nitrogens with zero attached hydrogens (tertiary/aromatic N) is 3. The largest absolute Gasteiger partial charge is 0.370 e. The van der Waals surface area contributed by atoms with Crippen LogP contribution in [0.25, 0.3) is 11.4 Å². The van der Waals surface area contributed by atoms with E-state index in [9.17, 15) is 0 Å². The molecular weight excluding hydrogens is 248 g/mol. The summed E-state index contributed by atoms with van der Waals surface area (Å²) in [5.74, 6) is 1.83. The molecule has 0 saturated carbocycles. The van der Waals surface area contributed by atoms with Gasteiger partial charge in [0.15, 0.2) is 5.82 Å². The minimum atomic E-state index is 0.809. The third-order valence-corrected chi connectivity index (χ3v) is 3.72. The molecule has 1 aliphatic rings. The van der Waals surface area contributed by atoms with E-state index in [1.807, 2.05) is 12.1 Å². The molecule has 1 N–H and O–H groups in total. The lowest BCUT2D eigenvalue weighted by molar-refractivity contribution is 0.709. The van der Waals surface area contributed by atoms with Gasteiger partial charge in [-0.05, 0) is 44.7 Å². The summed E-state index contributed by atoms with van der Waals surface area (Å²) >= 11 is 0. The molecule has 0 spiro atoms. The molecule has 0 amide bonds. The van der Waals surface area contributed by atoms with Crippen LogP contribution in [0.3, 0.4) is 0 Å². The van der Waals surface area contributed by atoms with E-state index >= 15 is 0 Å². The van der Waals surface area contributed by atoms with Crippen LogP contribution in [0.1, 0.15) is 37.4 Å². The predicted molar refractivity (Wildman–Crippen MR) is 80.7 cm³/mol. The van der Waals surface area contributed by atoms with Gasteiger partial charge in [0.05, 0.1) is 0 Å². The number of nitrogens with one attached hydrogen (secondary N) is 1. The lowest BCUT2D eigenvalue weighted by Crippen LogP contribution is -2.09. The summed E-state index contributed by atoms with van der Waals surface area (Å²) in [5, 5.41) is 3.41. The Balaban J connectivity index is 2.08. The smallest absolute Gasteiger partial charge is 0.161 e. The number of pyridine rings is 1. The first-order valence-corrected chi connectivity index (χ1v) is 7.42. The first-order chi connectivity index (χ1) is 9.88. The van der Waals surface area contributed by atoms with Crippen LogP contribution in [0.5, 0.6) is 0 Å². The number of aromatic nitrogens is 3. The van der Waals surface area contributed by atoms with E-state index in [1.54, 1.807) is 12.4 Å². The van der Waals surface area contributed by atoms with Gasteiger partial charge in [-0.25, -0.2) is 9.97 Å². The Bertz CT molecular complexity index is 581. The zero-order valence-electron chi connectivity index (χ0n) is 11.9. The van der Waals surface area contributed by atoms with Gasteiger partial charge in [-0.1, -0.05) is 6.42 Å². The van der Waals surface area contributed by atoms with Gasteiger partial charge < -0.3 is 5.32 Å². The Hall–Kier alpha value is -1.97. The molecule has 0 unspecified atom stereocenters. The molecule has 0 fully saturated rings. The van der Waals surface area contributed by atoms with Crippen molar-refractivity contribution in [2.75, 3.05) is 11.9 Å². The number of anilines is 1. The van der Waals surface area contributed by atoms with Gasteiger partial charge in [-0.2, -0.15) is 0 Å². The van der Waals surface area contributed by atoms with Crippen molar-refractivity contribution in [3.8, 4) is 11.4 Å². The fourth-order valence-corrected chi connectivity index (χ4v) is 2.71. The number of hydrogen-bond donors (Lipinski definition) is 1. The van der Waals surface area contributed by atoms with Crippen molar-refractivity contribution in [3.63, 3.8) is 0 Å². The van der Waals surface area contributed by atoms with Gasteiger partial charge in [0.25, 0.3) is 0 Å². The second-order valence-corrected chi connectivity index (χ2v) is 5.15. The highest BCUT2D eigenvalue weighted by Crippen LogP contribution is 2.27. The first-order valence-electron chi connectivity index (χ1n) is 7.42. The highest BCUT2D eigenvalue weighted by atomic mass is 15.0. The monoisotopic (exact) mass is 268 g/mol. The van der Waals surface area contributed by atoms with E-state index in [1.165, 1.54) is 30.5 Å². The van der Waals surface area contributed by atoms with Gasteiger partial charge in [0.2, 0.25) is 0 Å². The van der Waals surface area contributed by atoms with Crippen molar-refractivity contribution >= 4 is 5.82 Å². The molecular formula is C16H20N4. The van der Waals surface area contributed by atoms with Gasteiger partial charge in [-0.15, -0.1) is 0 Å². The number of aryl methyl sites for hydroxylation is 1. The first kappa shape index (κ1) is 13.0. The Morgan fingerprint density at radius 2 is 1.85 bits per heavy atom. The molecule has 104 valence electrons. The summed E-state index contributed by atoms with van der Waals surface area (Å²) < 4.78 is 0. The minimum Gasteiger partial charge on any atom is -0.370 e. The average molecular weight is 268 g/mol. The van der Waals surface area contributed by atoms with Crippen LogP contribution in [-0.2, 0) is 12.8 Å². The van der Waals surface area contributed by atoms with Crippen LogP contribution in [0.4, 0.5) is 5.82 Å². The van der Waals surface area contributed by atoms with Crippen LogP contribution in [0, 0.1) is 0 Å². The summed E-state index contributed by atoms with van der Waals surface area (Å²) in [7, 11) is 0. The van der Waals surface area contributed by atoms with Crippen molar-refractivity contribution in [2.24, 2.45) is 0 Å². The molecule has 2 heterocycles. The molecule has 0 bridgehead atoms. The van der Waals surface area contributed by atoms with Crippen molar-refractivity contribution in [1.29, 1.82) is 0 Å². The molecule has 4 heteroatoms. The van der Waals surface area contributed by atoms with E-state index in [-0.39, 0.29) is 0 Å². The van der Waals surface area contributed by atoms with Gasteiger partial charge in [0, 0.05) is 35.8 Å². The molecule has 2 aromatic rings. The second-order valence-electron chi connectivity index (χ2n) is 5.15. The Labute approximate surface area is 119 Å². The average Bonchev–Trinajstić information content (AvgIpc) is 2.74. The van der Waals surface area contributed by atoms with E-state index in [0.717, 1.165) is 36.6 Å². The quantitative estimate of drug-likeness (QED) is 0.868. The maximum Gasteiger partial charge on any atom is 0.161 e. The number of fused-ring (bicyclic) bond motifs is 1. The Kier molecular flexibility index (Phi) is 3.90. The normalized spacial score (nSPS) is 14.4. The molecule has 1 aliphatic carbocycles. The standard InChI is InChI=1S/C16H20N4/c1-2-18-16-13-6-4-3-5-7-14(13)19-15(20-16)12-8-10-17-11-9-12/h8-11H,2-7H2,1H3,(H,18,19,20). The van der Waals surface area contributed by atoms with Crippen LogP contribution < -0.4 is 5.32 Å². The number of hydrogen-bond acceptors (Lipinski definition) is 4. The van der Waals surface area contributed by atoms with Crippen LogP contribution >= 0.6 is 0 Å². The summed E-state index contributed by atoms with van der Waals surface area (Å²) in [4.78, 5) is 13.6. The van der Waals surface area contributed by atoms with E-state index < -0.39 is 0 Å².